The molecule has 2 heterocycles. The van der Waals surface area contributed by atoms with E-state index >= 15 is 0 Å². The van der Waals surface area contributed by atoms with Gasteiger partial charge in [-0.1, -0.05) is 32.4 Å². The Bertz CT molecular complexity index is 857. The zero-order valence-corrected chi connectivity index (χ0v) is 14.9. The van der Waals surface area contributed by atoms with Crippen LogP contribution in [0.5, 0.6) is 0 Å². The molecule has 0 saturated carbocycles. The number of nitrogens with zero attached hydrogens (tertiary/aromatic N) is 3. The van der Waals surface area contributed by atoms with Crippen molar-refractivity contribution in [2.45, 2.75) is 39.8 Å². The van der Waals surface area contributed by atoms with E-state index in [2.05, 4.69) is 34.8 Å². The summed E-state index contributed by atoms with van der Waals surface area (Å²) in [5, 5.41) is 3.06. The maximum Gasteiger partial charge on any atom is 0.251 e. The number of nitrogens with one attached hydrogen (secondary N) is 1. The molecule has 1 N–H and O–H groups in total. The highest BCUT2D eigenvalue weighted by atomic mass is 16.1. The molecule has 3 aromatic rings. The number of rotatable bonds is 6. The van der Waals surface area contributed by atoms with E-state index in [1.54, 1.807) is 24.5 Å². The van der Waals surface area contributed by atoms with Crippen molar-refractivity contribution in [2.24, 2.45) is 5.92 Å². The molecule has 2 aromatic heterocycles. The normalized spacial score (nSPS) is 13.6. The number of carbonyl (C=O) groups is 1. The van der Waals surface area contributed by atoms with Crippen LogP contribution in [0.15, 0.2) is 48.8 Å². The molecular formula is C20H24N4O. The molecule has 3 rings (SSSR count). The number of aromatic nitrogens is 3. The van der Waals surface area contributed by atoms with Crippen molar-refractivity contribution in [3.63, 3.8) is 0 Å². The van der Waals surface area contributed by atoms with Crippen molar-refractivity contribution < 1.29 is 4.79 Å². The van der Waals surface area contributed by atoms with Crippen LogP contribution in [0.25, 0.3) is 11.0 Å². The van der Waals surface area contributed by atoms with Gasteiger partial charge in [0.05, 0.1) is 17.1 Å². The van der Waals surface area contributed by atoms with E-state index < -0.39 is 0 Å². The molecule has 5 nitrogen and oxygen atoms in total. The molecule has 0 aliphatic carbocycles. The second-order valence-electron chi connectivity index (χ2n) is 6.51. The van der Waals surface area contributed by atoms with Crippen molar-refractivity contribution in [2.75, 3.05) is 0 Å². The SMILES string of the molecule is CCC(C)Cn1c(C(C)NC(=O)c2ccncc2)nc2ccccc21. The highest BCUT2D eigenvalue weighted by Crippen LogP contribution is 2.23. The third kappa shape index (κ3) is 3.71. The summed E-state index contributed by atoms with van der Waals surface area (Å²) in [5.41, 5.74) is 2.68. The number of fused-ring (bicyclic) bond motifs is 1. The molecule has 0 aliphatic rings. The van der Waals surface area contributed by atoms with Crippen molar-refractivity contribution in [1.82, 2.24) is 19.9 Å². The molecule has 130 valence electrons. The van der Waals surface area contributed by atoms with E-state index in [0.29, 0.717) is 11.5 Å². The third-order valence-corrected chi connectivity index (χ3v) is 4.55. The van der Waals surface area contributed by atoms with Gasteiger partial charge in [0.15, 0.2) is 0 Å². The minimum atomic E-state index is -0.183. The Kier molecular flexibility index (Phi) is 5.12. The molecule has 0 fully saturated rings. The summed E-state index contributed by atoms with van der Waals surface area (Å²) in [7, 11) is 0. The fourth-order valence-corrected chi connectivity index (χ4v) is 2.91. The largest absolute Gasteiger partial charge is 0.342 e. The predicted octanol–water partition coefficient (Wildman–Crippen LogP) is 3.97. The Morgan fingerprint density at radius 2 is 1.88 bits per heavy atom. The van der Waals surface area contributed by atoms with Crippen LogP contribution in [0, 0.1) is 5.92 Å². The van der Waals surface area contributed by atoms with Crippen molar-refractivity contribution in [1.29, 1.82) is 0 Å². The van der Waals surface area contributed by atoms with Gasteiger partial charge in [-0.05, 0) is 37.1 Å². The lowest BCUT2D eigenvalue weighted by atomic mass is 10.1. The van der Waals surface area contributed by atoms with Crippen LogP contribution in [0.1, 0.15) is 49.4 Å². The molecule has 0 bridgehead atoms. The number of benzene rings is 1. The molecule has 2 atom stereocenters. The summed E-state index contributed by atoms with van der Waals surface area (Å²) in [6, 6.07) is 11.4. The molecule has 2 unspecified atom stereocenters. The highest BCUT2D eigenvalue weighted by Gasteiger charge is 2.19. The van der Waals surface area contributed by atoms with Gasteiger partial charge in [-0.2, -0.15) is 0 Å². The van der Waals surface area contributed by atoms with Crippen LogP contribution in [0.4, 0.5) is 0 Å². The minimum absolute atomic E-state index is 0.114. The molecule has 0 spiro atoms. The Morgan fingerprint density at radius 1 is 1.16 bits per heavy atom. The van der Waals surface area contributed by atoms with Gasteiger partial charge < -0.3 is 9.88 Å². The molecule has 0 aliphatic heterocycles. The lowest BCUT2D eigenvalue weighted by molar-refractivity contribution is 0.0937. The molecule has 5 heteroatoms. The van der Waals surface area contributed by atoms with E-state index in [1.165, 1.54) is 0 Å². The minimum Gasteiger partial charge on any atom is -0.342 e. The monoisotopic (exact) mass is 336 g/mol. The quantitative estimate of drug-likeness (QED) is 0.741. The van der Waals surface area contributed by atoms with Crippen LogP contribution in [-0.4, -0.2) is 20.4 Å². The number of para-hydroxylation sites is 2. The average molecular weight is 336 g/mol. The predicted molar refractivity (Wildman–Crippen MR) is 99.3 cm³/mol. The maximum absolute atomic E-state index is 12.5. The summed E-state index contributed by atoms with van der Waals surface area (Å²) in [6.07, 6.45) is 4.35. The van der Waals surface area contributed by atoms with Crippen LogP contribution in [0.3, 0.4) is 0 Å². The van der Waals surface area contributed by atoms with E-state index in [4.69, 9.17) is 4.98 Å². The Labute approximate surface area is 148 Å². The number of carbonyl (C=O) groups excluding carboxylic acids is 1. The second-order valence-corrected chi connectivity index (χ2v) is 6.51. The fourth-order valence-electron chi connectivity index (χ4n) is 2.91. The molecule has 0 saturated heterocycles. The first-order valence-electron chi connectivity index (χ1n) is 8.76. The Balaban J connectivity index is 1.91. The third-order valence-electron chi connectivity index (χ3n) is 4.55. The summed E-state index contributed by atoms with van der Waals surface area (Å²) in [6.45, 7) is 7.30. The standard InChI is InChI=1S/C20H24N4O/c1-4-14(2)13-24-18-8-6-5-7-17(18)23-19(24)15(3)22-20(25)16-9-11-21-12-10-16/h5-12,14-15H,4,13H2,1-3H3,(H,22,25). The van der Waals surface area contributed by atoms with Gasteiger partial charge in [-0.15, -0.1) is 0 Å². The van der Waals surface area contributed by atoms with Gasteiger partial charge in [0.1, 0.15) is 5.82 Å². The highest BCUT2D eigenvalue weighted by molar-refractivity contribution is 5.94. The summed E-state index contributed by atoms with van der Waals surface area (Å²) in [5.74, 6) is 1.32. The van der Waals surface area contributed by atoms with Gasteiger partial charge in [0, 0.05) is 24.5 Å². The van der Waals surface area contributed by atoms with Gasteiger partial charge in [-0.25, -0.2) is 4.98 Å². The molecule has 1 amide bonds. The Hall–Kier alpha value is -2.69. The Morgan fingerprint density at radius 3 is 2.60 bits per heavy atom. The van der Waals surface area contributed by atoms with Crippen molar-refractivity contribution in [3.05, 3.63) is 60.2 Å². The van der Waals surface area contributed by atoms with Crippen LogP contribution in [0.2, 0.25) is 0 Å². The van der Waals surface area contributed by atoms with Crippen LogP contribution in [-0.2, 0) is 6.54 Å². The summed E-state index contributed by atoms with van der Waals surface area (Å²) < 4.78 is 2.24. The van der Waals surface area contributed by atoms with E-state index in [0.717, 1.165) is 29.8 Å². The molecular weight excluding hydrogens is 312 g/mol. The average Bonchev–Trinajstić information content (AvgIpc) is 3.01. The lowest BCUT2D eigenvalue weighted by Crippen LogP contribution is -2.29. The van der Waals surface area contributed by atoms with Gasteiger partial charge in [0.2, 0.25) is 0 Å². The van der Waals surface area contributed by atoms with Crippen molar-refractivity contribution in [3.8, 4) is 0 Å². The molecule has 1 aromatic carbocycles. The zero-order valence-electron chi connectivity index (χ0n) is 14.9. The first kappa shape index (κ1) is 17.1. The van der Waals surface area contributed by atoms with Crippen LogP contribution < -0.4 is 5.32 Å². The van der Waals surface area contributed by atoms with Gasteiger partial charge >= 0.3 is 0 Å². The van der Waals surface area contributed by atoms with E-state index in [1.807, 2.05) is 25.1 Å². The number of amides is 1. The second kappa shape index (κ2) is 7.47. The fraction of sp³-hybridized carbons (Fsp3) is 0.350. The number of imidazole rings is 1. The van der Waals surface area contributed by atoms with Gasteiger partial charge in [0.25, 0.3) is 5.91 Å². The number of pyridine rings is 1. The van der Waals surface area contributed by atoms with E-state index in [9.17, 15) is 4.79 Å². The maximum atomic E-state index is 12.5. The number of hydrogen-bond donors (Lipinski definition) is 1. The topological polar surface area (TPSA) is 59.8 Å². The molecule has 0 radical (unpaired) electrons. The number of hydrogen-bond acceptors (Lipinski definition) is 3. The van der Waals surface area contributed by atoms with Gasteiger partial charge in [-0.3, -0.25) is 9.78 Å². The first-order chi connectivity index (χ1) is 12.1. The zero-order chi connectivity index (χ0) is 17.8. The lowest BCUT2D eigenvalue weighted by Gasteiger charge is -2.18. The van der Waals surface area contributed by atoms with E-state index in [-0.39, 0.29) is 11.9 Å². The molecule has 25 heavy (non-hydrogen) atoms. The first-order valence-corrected chi connectivity index (χ1v) is 8.76. The smallest absolute Gasteiger partial charge is 0.251 e. The van der Waals surface area contributed by atoms with Crippen LogP contribution >= 0.6 is 0 Å². The van der Waals surface area contributed by atoms with Crippen molar-refractivity contribution >= 4 is 16.9 Å². The summed E-state index contributed by atoms with van der Waals surface area (Å²) in [4.78, 5) is 21.2. The summed E-state index contributed by atoms with van der Waals surface area (Å²) >= 11 is 0.